The highest BCUT2D eigenvalue weighted by atomic mass is 127. The van der Waals surface area contributed by atoms with Crippen molar-refractivity contribution >= 4 is 34.3 Å². The normalized spacial score (nSPS) is 10.4. The second-order valence-corrected chi connectivity index (χ2v) is 5.51. The molecule has 100 valence electrons. The summed E-state index contributed by atoms with van der Waals surface area (Å²) in [6.07, 6.45) is 4.25. The number of rotatable bonds is 6. The van der Waals surface area contributed by atoms with Gasteiger partial charge in [-0.1, -0.05) is 38.8 Å². The fraction of sp³-hybridized carbons (Fsp3) is 0.500. The van der Waals surface area contributed by atoms with Crippen molar-refractivity contribution in [2.24, 2.45) is 0 Å². The third-order valence-corrected chi connectivity index (χ3v) is 3.67. The molecule has 3 nitrogen and oxygen atoms in total. The van der Waals surface area contributed by atoms with Crippen molar-refractivity contribution in [2.75, 3.05) is 5.32 Å². The number of carbonyl (C=O) groups is 1. The van der Waals surface area contributed by atoms with E-state index in [1.165, 1.54) is 0 Å². The van der Waals surface area contributed by atoms with E-state index in [1.54, 1.807) is 0 Å². The van der Waals surface area contributed by atoms with E-state index in [2.05, 4.69) is 47.1 Å². The summed E-state index contributed by atoms with van der Waals surface area (Å²) in [6.45, 7) is 4.28. The predicted octanol–water partition coefficient (Wildman–Crippen LogP) is 4.38. The molecular weight excluding hydrogens is 339 g/mol. The van der Waals surface area contributed by atoms with Crippen LogP contribution < -0.4 is 10.6 Å². The molecule has 0 heterocycles. The lowest BCUT2D eigenvalue weighted by Crippen LogP contribution is -2.38. The van der Waals surface area contributed by atoms with E-state index in [9.17, 15) is 4.79 Å². The van der Waals surface area contributed by atoms with Gasteiger partial charge in [0.1, 0.15) is 0 Å². The summed E-state index contributed by atoms with van der Waals surface area (Å²) in [5.74, 6) is 0. The molecule has 2 N–H and O–H groups in total. The second-order valence-electron chi connectivity index (χ2n) is 4.35. The maximum Gasteiger partial charge on any atom is 0.319 e. The van der Waals surface area contributed by atoms with Crippen molar-refractivity contribution in [3.05, 3.63) is 27.8 Å². The minimum atomic E-state index is -0.106. The molecule has 0 aliphatic rings. The summed E-state index contributed by atoms with van der Waals surface area (Å²) in [7, 11) is 0. The summed E-state index contributed by atoms with van der Waals surface area (Å²) in [6, 6.07) is 7.95. The first-order valence-corrected chi connectivity index (χ1v) is 7.57. The number of para-hydroxylation sites is 1. The van der Waals surface area contributed by atoms with Crippen LogP contribution in [-0.4, -0.2) is 12.1 Å². The Bertz CT molecular complexity index is 376. The molecule has 0 aliphatic carbocycles. The Kier molecular flexibility index (Phi) is 7.08. The fourth-order valence-electron chi connectivity index (χ4n) is 1.89. The first-order valence-electron chi connectivity index (χ1n) is 6.49. The zero-order valence-electron chi connectivity index (χ0n) is 11.0. The smallest absolute Gasteiger partial charge is 0.319 e. The molecule has 4 heteroatoms. The molecule has 1 aromatic carbocycles. The number of carbonyl (C=O) groups excluding carboxylic acids is 1. The van der Waals surface area contributed by atoms with Gasteiger partial charge >= 0.3 is 6.03 Å². The van der Waals surface area contributed by atoms with Crippen molar-refractivity contribution in [1.29, 1.82) is 0 Å². The fourth-order valence-corrected chi connectivity index (χ4v) is 2.41. The van der Waals surface area contributed by atoms with E-state index < -0.39 is 0 Å². The number of hydrogen-bond donors (Lipinski definition) is 2. The average molecular weight is 360 g/mol. The lowest BCUT2D eigenvalue weighted by Gasteiger charge is -2.18. The van der Waals surface area contributed by atoms with Crippen molar-refractivity contribution in [3.8, 4) is 0 Å². The van der Waals surface area contributed by atoms with Crippen molar-refractivity contribution in [1.82, 2.24) is 5.32 Å². The van der Waals surface area contributed by atoms with Crippen LogP contribution in [0.4, 0.5) is 10.5 Å². The maximum atomic E-state index is 11.9. The molecule has 0 radical (unpaired) electrons. The predicted molar refractivity (Wildman–Crippen MR) is 84.9 cm³/mol. The highest BCUT2D eigenvalue weighted by molar-refractivity contribution is 14.1. The van der Waals surface area contributed by atoms with E-state index in [1.807, 2.05) is 24.3 Å². The van der Waals surface area contributed by atoms with Crippen molar-refractivity contribution < 1.29 is 4.79 Å². The number of benzene rings is 1. The number of nitrogens with one attached hydrogen (secondary N) is 2. The molecule has 2 amide bonds. The molecular formula is C14H21IN2O. The van der Waals surface area contributed by atoms with Gasteiger partial charge in [0.05, 0.1) is 5.69 Å². The van der Waals surface area contributed by atoms with Crippen LogP contribution in [0.1, 0.15) is 39.5 Å². The van der Waals surface area contributed by atoms with Crippen LogP contribution in [0.25, 0.3) is 0 Å². The van der Waals surface area contributed by atoms with Gasteiger partial charge in [0, 0.05) is 9.61 Å². The van der Waals surface area contributed by atoms with E-state index in [-0.39, 0.29) is 12.1 Å². The third kappa shape index (κ3) is 5.25. The monoisotopic (exact) mass is 360 g/mol. The SMILES string of the molecule is CCCC(CCC)NC(=O)Nc1ccccc1I. The highest BCUT2D eigenvalue weighted by Gasteiger charge is 2.11. The van der Waals surface area contributed by atoms with Crippen LogP contribution in [0, 0.1) is 3.57 Å². The van der Waals surface area contributed by atoms with Gasteiger partial charge in [0.2, 0.25) is 0 Å². The highest BCUT2D eigenvalue weighted by Crippen LogP contribution is 2.16. The summed E-state index contributed by atoms with van der Waals surface area (Å²) >= 11 is 2.22. The minimum absolute atomic E-state index is 0.106. The molecule has 0 unspecified atom stereocenters. The molecule has 0 bridgehead atoms. The molecule has 0 aliphatic heterocycles. The summed E-state index contributed by atoms with van der Waals surface area (Å²) < 4.78 is 1.05. The van der Waals surface area contributed by atoms with Gasteiger partial charge in [0.15, 0.2) is 0 Å². The van der Waals surface area contributed by atoms with Crippen LogP contribution in [0.3, 0.4) is 0 Å². The summed E-state index contributed by atoms with van der Waals surface area (Å²) in [5, 5.41) is 5.94. The number of anilines is 1. The largest absolute Gasteiger partial charge is 0.335 e. The van der Waals surface area contributed by atoms with Crippen LogP contribution in [0.15, 0.2) is 24.3 Å². The molecule has 18 heavy (non-hydrogen) atoms. The Hall–Kier alpha value is -0.780. The molecule has 1 aromatic rings. The lowest BCUT2D eigenvalue weighted by atomic mass is 10.1. The van der Waals surface area contributed by atoms with E-state index in [0.717, 1.165) is 34.9 Å². The summed E-state index contributed by atoms with van der Waals surface area (Å²) in [4.78, 5) is 11.9. The molecule has 0 saturated carbocycles. The van der Waals surface area contributed by atoms with Crippen LogP contribution in [0.5, 0.6) is 0 Å². The Morgan fingerprint density at radius 2 is 1.83 bits per heavy atom. The van der Waals surface area contributed by atoms with Gasteiger partial charge in [-0.3, -0.25) is 0 Å². The van der Waals surface area contributed by atoms with Gasteiger partial charge in [-0.2, -0.15) is 0 Å². The molecule has 1 rings (SSSR count). The van der Waals surface area contributed by atoms with E-state index >= 15 is 0 Å². The van der Waals surface area contributed by atoms with Gasteiger partial charge < -0.3 is 10.6 Å². The first kappa shape index (κ1) is 15.3. The molecule has 0 aromatic heterocycles. The van der Waals surface area contributed by atoms with Crippen LogP contribution >= 0.6 is 22.6 Å². The van der Waals surface area contributed by atoms with Gasteiger partial charge in [0.25, 0.3) is 0 Å². The third-order valence-electron chi connectivity index (χ3n) is 2.73. The molecule has 0 spiro atoms. The van der Waals surface area contributed by atoms with E-state index in [4.69, 9.17) is 0 Å². The van der Waals surface area contributed by atoms with Crippen LogP contribution in [-0.2, 0) is 0 Å². The Morgan fingerprint density at radius 1 is 1.22 bits per heavy atom. The van der Waals surface area contributed by atoms with Gasteiger partial charge in [-0.15, -0.1) is 0 Å². The van der Waals surface area contributed by atoms with Crippen molar-refractivity contribution in [3.63, 3.8) is 0 Å². The number of amides is 2. The standard InChI is InChI=1S/C14H21IN2O/c1-3-7-11(8-4-2)16-14(18)17-13-10-6-5-9-12(13)15/h5-6,9-11H,3-4,7-8H2,1-2H3,(H2,16,17,18). The average Bonchev–Trinajstić information content (AvgIpc) is 2.33. The maximum absolute atomic E-state index is 11.9. The zero-order chi connectivity index (χ0) is 13.4. The lowest BCUT2D eigenvalue weighted by molar-refractivity contribution is 0.246. The quantitative estimate of drug-likeness (QED) is 0.727. The minimum Gasteiger partial charge on any atom is -0.335 e. The Labute approximate surface area is 123 Å². The number of halogens is 1. The second kappa shape index (κ2) is 8.34. The number of hydrogen-bond acceptors (Lipinski definition) is 1. The number of urea groups is 1. The molecule has 0 atom stereocenters. The van der Waals surface area contributed by atoms with Gasteiger partial charge in [-0.25, -0.2) is 4.79 Å². The van der Waals surface area contributed by atoms with Crippen molar-refractivity contribution in [2.45, 2.75) is 45.6 Å². The Morgan fingerprint density at radius 3 is 2.39 bits per heavy atom. The molecule has 0 saturated heterocycles. The van der Waals surface area contributed by atoms with E-state index in [0.29, 0.717) is 0 Å². The zero-order valence-corrected chi connectivity index (χ0v) is 13.2. The van der Waals surface area contributed by atoms with Crippen LogP contribution in [0.2, 0.25) is 0 Å². The summed E-state index contributed by atoms with van der Waals surface area (Å²) in [5.41, 5.74) is 0.863. The Balaban J connectivity index is 2.52. The van der Waals surface area contributed by atoms with Gasteiger partial charge in [-0.05, 0) is 47.6 Å². The molecule has 0 fully saturated rings. The topological polar surface area (TPSA) is 41.1 Å². The first-order chi connectivity index (χ1) is 8.67.